The van der Waals surface area contributed by atoms with Gasteiger partial charge in [0.1, 0.15) is 0 Å². The number of nitrogens with zero attached hydrogens (tertiary/aromatic N) is 2. The highest BCUT2D eigenvalue weighted by Crippen LogP contribution is 2.20. The first-order chi connectivity index (χ1) is 10.3. The second kappa shape index (κ2) is 6.31. The molecule has 0 unspecified atom stereocenters. The quantitative estimate of drug-likeness (QED) is 0.711. The molecule has 2 nitrogen and oxygen atoms in total. The van der Waals surface area contributed by atoms with Crippen LogP contribution in [-0.2, 0) is 12.8 Å². The third kappa shape index (κ3) is 3.34. The van der Waals surface area contributed by atoms with E-state index >= 15 is 0 Å². The summed E-state index contributed by atoms with van der Waals surface area (Å²) in [7, 11) is 0. The first-order valence-corrected chi connectivity index (χ1v) is 7.24. The minimum absolute atomic E-state index is 0.922. The van der Waals surface area contributed by atoms with Crippen LogP contribution < -0.4 is 0 Å². The van der Waals surface area contributed by atoms with Crippen molar-refractivity contribution in [2.45, 2.75) is 19.8 Å². The number of rotatable bonds is 4. The lowest BCUT2D eigenvalue weighted by atomic mass is 10.1. The van der Waals surface area contributed by atoms with Crippen LogP contribution in [0.1, 0.15) is 16.8 Å². The highest BCUT2D eigenvalue weighted by atomic mass is 14.8. The van der Waals surface area contributed by atoms with E-state index in [1.165, 1.54) is 11.1 Å². The Morgan fingerprint density at radius 1 is 0.762 bits per heavy atom. The summed E-state index contributed by atoms with van der Waals surface area (Å²) in [5.74, 6) is 0. The molecule has 0 aliphatic heterocycles. The predicted molar refractivity (Wildman–Crippen MR) is 86.1 cm³/mol. The molecular weight excluding hydrogens is 256 g/mol. The van der Waals surface area contributed by atoms with E-state index in [1.807, 2.05) is 30.6 Å². The summed E-state index contributed by atoms with van der Waals surface area (Å²) in [6, 6.07) is 18.7. The Morgan fingerprint density at radius 3 is 2.24 bits per heavy atom. The van der Waals surface area contributed by atoms with Crippen LogP contribution in [0.25, 0.3) is 11.3 Å². The van der Waals surface area contributed by atoms with Crippen LogP contribution in [0, 0.1) is 6.92 Å². The molecule has 0 aliphatic rings. The molecule has 1 aromatic heterocycles. The second-order valence-electron chi connectivity index (χ2n) is 5.19. The largest absolute Gasteiger partial charge is 0.257 e. The van der Waals surface area contributed by atoms with Crippen LogP contribution in [0.2, 0.25) is 0 Å². The molecule has 0 aliphatic carbocycles. The number of benzene rings is 2. The Balaban J connectivity index is 1.71. The van der Waals surface area contributed by atoms with Crippen molar-refractivity contribution in [2.75, 3.05) is 0 Å². The van der Waals surface area contributed by atoms with Crippen molar-refractivity contribution in [1.29, 1.82) is 0 Å². The summed E-state index contributed by atoms with van der Waals surface area (Å²) >= 11 is 0. The smallest absolute Gasteiger partial charge is 0.0888 e. The molecule has 0 saturated carbocycles. The van der Waals surface area contributed by atoms with E-state index in [2.05, 4.69) is 53.3 Å². The zero-order chi connectivity index (χ0) is 14.5. The molecule has 3 aromatic rings. The van der Waals surface area contributed by atoms with Crippen LogP contribution >= 0.6 is 0 Å². The molecule has 0 fully saturated rings. The number of aryl methyl sites for hydroxylation is 3. The summed E-state index contributed by atoms with van der Waals surface area (Å²) in [5, 5.41) is 0. The Hall–Kier alpha value is -2.48. The average Bonchev–Trinajstić information content (AvgIpc) is 2.55. The van der Waals surface area contributed by atoms with Gasteiger partial charge in [0.2, 0.25) is 0 Å². The van der Waals surface area contributed by atoms with Gasteiger partial charge in [-0.2, -0.15) is 0 Å². The Kier molecular flexibility index (Phi) is 4.06. The van der Waals surface area contributed by atoms with Gasteiger partial charge in [-0.1, -0.05) is 54.6 Å². The molecule has 0 saturated heterocycles. The van der Waals surface area contributed by atoms with Gasteiger partial charge in [0, 0.05) is 11.8 Å². The summed E-state index contributed by atoms with van der Waals surface area (Å²) < 4.78 is 0. The van der Waals surface area contributed by atoms with E-state index in [-0.39, 0.29) is 0 Å². The van der Waals surface area contributed by atoms with Crippen molar-refractivity contribution in [3.8, 4) is 11.3 Å². The van der Waals surface area contributed by atoms with Crippen molar-refractivity contribution >= 4 is 0 Å². The van der Waals surface area contributed by atoms with Crippen LogP contribution in [0.4, 0.5) is 0 Å². The summed E-state index contributed by atoms with van der Waals surface area (Å²) in [4.78, 5) is 9.11. The van der Waals surface area contributed by atoms with Crippen molar-refractivity contribution < 1.29 is 0 Å². The Labute approximate surface area is 125 Å². The van der Waals surface area contributed by atoms with Gasteiger partial charge in [-0.3, -0.25) is 9.97 Å². The maximum atomic E-state index is 4.56. The van der Waals surface area contributed by atoms with E-state index < -0.39 is 0 Å². The van der Waals surface area contributed by atoms with Gasteiger partial charge in [-0.15, -0.1) is 0 Å². The van der Waals surface area contributed by atoms with Crippen LogP contribution in [0.3, 0.4) is 0 Å². The van der Waals surface area contributed by atoms with Gasteiger partial charge in [0.15, 0.2) is 0 Å². The molecule has 21 heavy (non-hydrogen) atoms. The minimum atomic E-state index is 0.922. The minimum Gasteiger partial charge on any atom is -0.257 e. The molecule has 0 atom stereocenters. The standard InChI is InChI=1S/C19H18N2/c1-15-7-5-6-10-18(15)19-14-20-17(13-21-19)12-11-16-8-3-2-4-9-16/h2-10,13-14H,11-12H2,1H3. The average molecular weight is 274 g/mol. The van der Waals surface area contributed by atoms with Crippen molar-refractivity contribution in [3.05, 3.63) is 83.8 Å². The summed E-state index contributed by atoms with van der Waals surface area (Å²) in [5.41, 5.74) is 5.69. The van der Waals surface area contributed by atoms with Gasteiger partial charge in [0.05, 0.1) is 17.6 Å². The molecule has 1 heterocycles. The topological polar surface area (TPSA) is 25.8 Å². The highest BCUT2D eigenvalue weighted by molar-refractivity contribution is 5.62. The highest BCUT2D eigenvalue weighted by Gasteiger charge is 2.03. The SMILES string of the molecule is Cc1ccccc1-c1cnc(CCc2ccccc2)cn1. The Morgan fingerprint density at radius 2 is 1.52 bits per heavy atom. The lowest BCUT2D eigenvalue weighted by Gasteiger charge is -2.06. The van der Waals surface area contributed by atoms with Gasteiger partial charge in [0.25, 0.3) is 0 Å². The lowest BCUT2D eigenvalue weighted by molar-refractivity contribution is 0.900. The van der Waals surface area contributed by atoms with E-state index in [0.717, 1.165) is 29.8 Å². The van der Waals surface area contributed by atoms with Gasteiger partial charge < -0.3 is 0 Å². The summed E-state index contributed by atoms with van der Waals surface area (Å²) in [6.07, 6.45) is 5.69. The van der Waals surface area contributed by atoms with Gasteiger partial charge in [-0.05, 0) is 30.9 Å². The van der Waals surface area contributed by atoms with Crippen LogP contribution in [-0.4, -0.2) is 9.97 Å². The second-order valence-corrected chi connectivity index (χ2v) is 5.19. The van der Waals surface area contributed by atoms with Crippen molar-refractivity contribution in [2.24, 2.45) is 0 Å². The molecule has 2 heteroatoms. The van der Waals surface area contributed by atoms with Gasteiger partial charge in [-0.25, -0.2) is 0 Å². The fraction of sp³-hybridized carbons (Fsp3) is 0.158. The number of aromatic nitrogens is 2. The third-order valence-electron chi connectivity index (χ3n) is 3.64. The van der Waals surface area contributed by atoms with E-state index in [4.69, 9.17) is 0 Å². The van der Waals surface area contributed by atoms with Crippen molar-refractivity contribution in [1.82, 2.24) is 9.97 Å². The zero-order valence-corrected chi connectivity index (χ0v) is 12.2. The molecular formula is C19H18N2. The molecule has 0 amide bonds. The fourth-order valence-corrected chi connectivity index (χ4v) is 2.40. The maximum absolute atomic E-state index is 4.56. The Bertz CT molecular complexity index is 703. The predicted octanol–water partition coefficient (Wildman–Crippen LogP) is 4.24. The number of hydrogen-bond acceptors (Lipinski definition) is 2. The fourth-order valence-electron chi connectivity index (χ4n) is 2.40. The number of hydrogen-bond donors (Lipinski definition) is 0. The molecule has 2 aromatic carbocycles. The van der Waals surface area contributed by atoms with E-state index in [1.54, 1.807) is 0 Å². The summed E-state index contributed by atoms with van der Waals surface area (Å²) in [6.45, 7) is 2.10. The zero-order valence-electron chi connectivity index (χ0n) is 12.2. The molecule has 0 bridgehead atoms. The van der Waals surface area contributed by atoms with Crippen molar-refractivity contribution in [3.63, 3.8) is 0 Å². The van der Waals surface area contributed by atoms with E-state index in [0.29, 0.717) is 0 Å². The lowest BCUT2D eigenvalue weighted by Crippen LogP contribution is -1.97. The first-order valence-electron chi connectivity index (χ1n) is 7.24. The molecule has 0 N–H and O–H groups in total. The van der Waals surface area contributed by atoms with Crippen LogP contribution in [0.5, 0.6) is 0 Å². The first kappa shape index (κ1) is 13.5. The normalized spacial score (nSPS) is 10.5. The monoisotopic (exact) mass is 274 g/mol. The van der Waals surface area contributed by atoms with Gasteiger partial charge >= 0.3 is 0 Å². The maximum Gasteiger partial charge on any atom is 0.0888 e. The molecule has 0 spiro atoms. The molecule has 3 rings (SSSR count). The molecule has 0 radical (unpaired) electrons. The molecule has 104 valence electrons. The van der Waals surface area contributed by atoms with Crippen LogP contribution in [0.15, 0.2) is 67.0 Å². The van der Waals surface area contributed by atoms with E-state index in [9.17, 15) is 0 Å². The third-order valence-corrected chi connectivity index (χ3v) is 3.64.